The molecule has 0 radical (unpaired) electrons. The molecule has 1 fully saturated rings. The van der Waals surface area contributed by atoms with E-state index in [9.17, 15) is 9.59 Å². The Balaban J connectivity index is 1.40. The SMILES string of the molecule is CC(=O)N1CCc2cc(NC(=O)CN3CCC[C@H]3c3ccc(C)cc3)ccc21. The van der Waals surface area contributed by atoms with Gasteiger partial charge in [-0.3, -0.25) is 14.5 Å². The van der Waals surface area contributed by atoms with E-state index >= 15 is 0 Å². The molecule has 2 aromatic carbocycles. The van der Waals surface area contributed by atoms with Gasteiger partial charge in [0.15, 0.2) is 0 Å². The third kappa shape index (κ3) is 3.80. The van der Waals surface area contributed by atoms with Crippen molar-refractivity contribution in [3.63, 3.8) is 0 Å². The highest BCUT2D eigenvalue weighted by atomic mass is 16.2. The minimum atomic E-state index is 0.0142. The maximum absolute atomic E-state index is 12.7. The molecule has 2 heterocycles. The van der Waals surface area contributed by atoms with E-state index in [1.54, 1.807) is 11.8 Å². The lowest BCUT2D eigenvalue weighted by Gasteiger charge is -2.24. The Kier molecular flexibility index (Phi) is 5.18. The van der Waals surface area contributed by atoms with E-state index in [0.717, 1.165) is 42.7 Å². The smallest absolute Gasteiger partial charge is 0.238 e. The van der Waals surface area contributed by atoms with Crippen molar-refractivity contribution in [3.05, 3.63) is 59.2 Å². The van der Waals surface area contributed by atoms with E-state index in [2.05, 4.69) is 41.4 Å². The highest BCUT2D eigenvalue weighted by molar-refractivity contribution is 5.96. The molecule has 0 aromatic heterocycles. The second kappa shape index (κ2) is 7.76. The maximum Gasteiger partial charge on any atom is 0.238 e. The van der Waals surface area contributed by atoms with Crippen molar-refractivity contribution in [2.24, 2.45) is 0 Å². The van der Waals surface area contributed by atoms with Crippen LogP contribution in [0.15, 0.2) is 42.5 Å². The zero-order valence-corrected chi connectivity index (χ0v) is 16.6. The molecule has 0 bridgehead atoms. The van der Waals surface area contributed by atoms with Gasteiger partial charge in [0, 0.05) is 30.9 Å². The summed E-state index contributed by atoms with van der Waals surface area (Å²) in [6.07, 6.45) is 3.04. The first-order valence-corrected chi connectivity index (χ1v) is 10.0. The lowest BCUT2D eigenvalue weighted by Crippen LogP contribution is -2.33. The summed E-state index contributed by atoms with van der Waals surface area (Å²) in [5, 5.41) is 3.04. The minimum absolute atomic E-state index is 0.0142. The molecule has 1 saturated heterocycles. The van der Waals surface area contributed by atoms with Gasteiger partial charge >= 0.3 is 0 Å². The maximum atomic E-state index is 12.7. The number of carbonyl (C=O) groups excluding carboxylic acids is 2. The van der Waals surface area contributed by atoms with Crippen molar-refractivity contribution in [3.8, 4) is 0 Å². The molecule has 0 spiro atoms. The van der Waals surface area contributed by atoms with Crippen molar-refractivity contribution in [2.45, 2.75) is 39.2 Å². The molecule has 1 N–H and O–H groups in total. The number of benzene rings is 2. The average Bonchev–Trinajstić information content (AvgIpc) is 3.29. The van der Waals surface area contributed by atoms with Gasteiger partial charge in [0.1, 0.15) is 0 Å². The van der Waals surface area contributed by atoms with Crippen LogP contribution in [0.4, 0.5) is 11.4 Å². The van der Waals surface area contributed by atoms with Gasteiger partial charge in [0.25, 0.3) is 0 Å². The Morgan fingerprint density at radius 3 is 2.64 bits per heavy atom. The van der Waals surface area contributed by atoms with Crippen molar-refractivity contribution in [2.75, 3.05) is 29.9 Å². The molecule has 146 valence electrons. The van der Waals surface area contributed by atoms with Crippen LogP contribution in [0.1, 0.15) is 42.5 Å². The Labute approximate surface area is 166 Å². The van der Waals surface area contributed by atoms with Gasteiger partial charge in [-0.25, -0.2) is 0 Å². The number of nitrogens with one attached hydrogen (secondary N) is 1. The summed E-state index contributed by atoms with van der Waals surface area (Å²) in [6.45, 7) is 5.74. The summed E-state index contributed by atoms with van der Waals surface area (Å²) in [7, 11) is 0. The predicted molar refractivity (Wildman–Crippen MR) is 112 cm³/mol. The van der Waals surface area contributed by atoms with Crippen molar-refractivity contribution < 1.29 is 9.59 Å². The first-order chi connectivity index (χ1) is 13.5. The van der Waals surface area contributed by atoms with E-state index in [1.165, 1.54) is 11.1 Å². The summed E-state index contributed by atoms with van der Waals surface area (Å²) in [6, 6.07) is 14.8. The van der Waals surface area contributed by atoms with Crippen LogP contribution in [0.5, 0.6) is 0 Å². The van der Waals surface area contributed by atoms with Gasteiger partial charge in [-0.05, 0) is 62.1 Å². The molecule has 5 nitrogen and oxygen atoms in total. The number of likely N-dealkylation sites (tertiary alicyclic amines) is 1. The molecule has 0 unspecified atom stereocenters. The molecule has 5 heteroatoms. The molecule has 2 aromatic rings. The molecule has 2 aliphatic rings. The second-order valence-corrected chi connectivity index (χ2v) is 7.85. The van der Waals surface area contributed by atoms with Gasteiger partial charge in [-0.2, -0.15) is 0 Å². The van der Waals surface area contributed by atoms with Gasteiger partial charge in [0.05, 0.1) is 6.54 Å². The summed E-state index contributed by atoms with van der Waals surface area (Å²) >= 11 is 0. The van der Waals surface area contributed by atoms with Gasteiger partial charge in [0.2, 0.25) is 11.8 Å². The number of amides is 2. The van der Waals surface area contributed by atoms with Crippen molar-refractivity contribution in [1.29, 1.82) is 0 Å². The third-order valence-electron chi connectivity index (χ3n) is 5.81. The third-order valence-corrected chi connectivity index (χ3v) is 5.81. The number of carbonyl (C=O) groups is 2. The molecular formula is C23H27N3O2. The number of anilines is 2. The van der Waals surface area contributed by atoms with Gasteiger partial charge in [-0.1, -0.05) is 29.8 Å². The second-order valence-electron chi connectivity index (χ2n) is 7.85. The van der Waals surface area contributed by atoms with Gasteiger partial charge < -0.3 is 10.2 Å². The van der Waals surface area contributed by atoms with Gasteiger partial charge in [-0.15, -0.1) is 0 Å². The normalized spacial score (nSPS) is 18.9. The highest BCUT2D eigenvalue weighted by Gasteiger charge is 2.28. The van der Waals surface area contributed by atoms with E-state index < -0.39 is 0 Å². The van der Waals surface area contributed by atoms with Crippen LogP contribution in [0.25, 0.3) is 0 Å². The quantitative estimate of drug-likeness (QED) is 0.884. The minimum Gasteiger partial charge on any atom is -0.325 e. The van der Waals surface area contributed by atoms with Crippen LogP contribution in [0, 0.1) is 6.92 Å². The average molecular weight is 377 g/mol. The number of rotatable bonds is 4. The fourth-order valence-electron chi connectivity index (χ4n) is 4.37. The standard InChI is InChI=1S/C23H27N3O2/c1-16-5-7-18(8-6-16)21-4-3-12-25(21)15-23(28)24-20-9-10-22-19(14-20)11-13-26(22)17(2)27/h5-10,14,21H,3-4,11-13,15H2,1-2H3,(H,24,28)/t21-/m0/s1. The predicted octanol–water partition coefficient (Wildman–Crippen LogP) is 3.68. The molecule has 1 atom stereocenters. The van der Waals surface area contributed by atoms with Crippen LogP contribution in [0.3, 0.4) is 0 Å². The van der Waals surface area contributed by atoms with Crippen molar-refractivity contribution in [1.82, 2.24) is 4.90 Å². The van der Waals surface area contributed by atoms with Crippen LogP contribution in [0.2, 0.25) is 0 Å². The number of hydrogen-bond acceptors (Lipinski definition) is 3. The highest BCUT2D eigenvalue weighted by Crippen LogP contribution is 2.32. The molecule has 4 rings (SSSR count). The summed E-state index contributed by atoms with van der Waals surface area (Å²) < 4.78 is 0. The first-order valence-electron chi connectivity index (χ1n) is 10.0. The Bertz CT molecular complexity index is 891. The molecular weight excluding hydrogens is 350 g/mol. The summed E-state index contributed by atoms with van der Waals surface area (Å²) in [4.78, 5) is 28.4. The zero-order chi connectivity index (χ0) is 19.7. The Morgan fingerprint density at radius 2 is 1.89 bits per heavy atom. The molecule has 2 aliphatic heterocycles. The number of hydrogen-bond donors (Lipinski definition) is 1. The number of aryl methyl sites for hydroxylation is 1. The van der Waals surface area contributed by atoms with Crippen LogP contribution < -0.4 is 10.2 Å². The zero-order valence-electron chi connectivity index (χ0n) is 16.6. The van der Waals surface area contributed by atoms with E-state index in [-0.39, 0.29) is 11.8 Å². The van der Waals surface area contributed by atoms with E-state index in [1.807, 2.05) is 18.2 Å². The monoisotopic (exact) mass is 377 g/mol. The fraction of sp³-hybridized carbons (Fsp3) is 0.391. The Hall–Kier alpha value is -2.66. The lowest BCUT2D eigenvalue weighted by atomic mass is 10.0. The van der Waals surface area contributed by atoms with E-state index in [0.29, 0.717) is 19.1 Å². The largest absolute Gasteiger partial charge is 0.325 e. The molecule has 2 amide bonds. The van der Waals surface area contributed by atoms with Crippen LogP contribution >= 0.6 is 0 Å². The molecule has 0 saturated carbocycles. The Morgan fingerprint density at radius 1 is 1.11 bits per heavy atom. The topological polar surface area (TPSA) is 52.7 Å². The fourth-order valence-corrected chi connectivity index (χ4v) is 4.37. The number of nitrogens with zero attached hydrogens (tertiary/aromatic N) is 2. The van der Waals surface area contributed by atoms with Crippen LogP contribution in [-0.2, 0) is 16.0 Å². The van der Waals surface area contributed by atoms with E-state index in [4.69, 9.17) is 0 Å². The molecule has 28 heavy (non-hydrogen) atoms. The first kappa shape index (κ1) is 18.7. The lowest BCUT2D eigenvalue weighted by molar-refractivity contribution is -0.118. The molecule has 0 aliphatic carbocycles. The summed E-state index contributed by atoms with van der Waals surface area (Å²) in [5.74, 6) is 0.0760. The summed E-state index contributed by atoms with van der Waals surface area (Å²) in [5.41, 5.74) is 5.43. The van der Waals surface area contributed by atoms with Crippen molar-refractivity contribution >= 4 is 23.2 Å². The number of fused-ring (bicyclic) bond motifs is 1. The van der Waals surface area contributed by atoms with Crippen LogP contribution in [-0.4, -0.2) is 36.3 Å².